The normalized spacial score (nSPS) is 29.5. The summed E-state index contributed by atoms with van der Waals surface area (Å²) in [6, 6.07) is 4.80. The summed E-state index contributed by atoms with van der Waals surface area (Å²) in [6.45, 7) is 0.356. The van der Waals surface area contributed by atoms with Crippen LogP contribution in [0.2, 0.25) is 0 Å². The van der Waals surface area contributed by atoms with E-state index in [9.17, 15) is 9.18 Å². The van der Waals surface area contributed by atoms with Crippen LogP contribution in [0.15, 0.2) is 22.7 Å². The molecular formula is C17H23BrClFN2O. The molecule has 23 heavy (non-hydrogen) atoms. The first-order valence-electron chi connectivity index (χ1n) is 8.02. The third-order valence-electron chi connectivity index (χ3n) is 5.24. The minimum Gasteiger partial charge on any atom is -0.352 e. The van der Waals surface area contributed by atoms with Crippen LogP contribution >= 0.6 is 28.3 Å². The highest BCUT2D eigenvalue weighted by molar-refractivity contribution is 9.10. The van der Waals surface area contributed by atoms with Crippen molar-refractivity contribution in [3.63, 3.8) is 0 Å². The molecule has 0 spiro atoms. The molecule has 2 aliphatic carbocycles. The Morgan fingerprint density at radius 2 is 1.96 bits per heavy atom. The molecule has 0 aromatic heterocycles. The van der Waals surface area contributed by atoms with Gasteiger partial charge in [-0.25, -0.2) is 4.39 Å². The Labute approximate surface area is 151 Å². The summed E-state index contributed by atoms with van der Waals surface area (Å²) in [5.41, 5.74) is 7.03. The predicted molar refractivity (Wildman–Crippen MR) is 94.7 cm³/mol. The Bertz CT molecular complexity index is 558. The van der Waals surface area contributed by atoms with Gasteiger partial charge in [0, 0.05) is 23.0 Å². The largest absolute Gasteiger partial charge is 0.352 e. The van der Waals surface area contributed by atoms with Gasteiger partial charge >= 0.3 is 0 Å². The summed E-state index contributed by atoms with van der Waals surface area (Å²) < 4.78 is 14.1. The Balaban J connectivity index is 0.00000192. The van der Waals surface area contributed by atoms with Crippen molar-refractivity contribution in [3.8, 4) is 0 Å². The molecule has 1 amide bonds. The molecule has 0 saturated heterocycles. The van der Waals surface area contributed by atoms with E-state index in [1.807, 2.05) is 0 Å². The quantitative estimate of drug-likeness (QED) is 0.804. The molecule has 0 aliphatic heterocycles. The maximum absolute atomic E-state index is 13.3. The van der Waals surface area contributed by atoms with Crippen molar-refractivity contribution in [2.75, 3.05) is 0 Å². The van der Waals surface area contributed by atoms with Crippen molar-refractivity contribution in [3.05, 3.63) is 34.1 Å². The molecule has 0 radical (unpaired) electrons. The fourth-order valence-electron chi connectivity index (χ4n) is 4.01. The molecule has 2 aliphatic rings. The van der Waals surface area contributed by atoms with Gasteiger partial charge in [0.05, 0.1) is 0 Å². The molecule has 3 rings (SSSR count). The SMILES string of the molecule is Cl.NC1C2CCCC1CC(C(=O)NCc1cc(F)ccc1Br)C2. The zero-order valence-corrected chi connectivity index (χ0v) is 15.3. The van der Waals surface area contributed by atoms with Gasteiger partial charge in [0.1, 0.15) is 5.82 Å². The van der Waals surface area contributed by atoms with Gasteiger partial charge in [-0.3, -0.25) is 4.79 Å². The van der Waals surface area contributed by atoms with Crippen molar-refractivity contribution in [1.29, 1.82) is 0 Å². The van der Waals surface area contributed by atoms with Crippen LogP contribution in [0.3, 0.4) is 0 Å². The molecule has 3 nitrogen and oxygen atoms in total. The lowest BCUT2D eigenvalue weighted by Gasteiger charge is -2.43. The zero-order chi connectivity index (χ0) is 15.7. The summed E-state index contributed by atoms with van der Waals surface area (Å²) in [5, 5.41) is 2.96. The highest BCUT2D eigenvalue weighted by Gasteiger charge is 2.40. The summed E-state index contributed by atoms with van der Waals surface area (Å²) in [7, 11) is 0. The number of carbonyl (C=O) groups is 1. The molecule has 2 unspecified atom stereocenters. The second-order valence-corrected chi connectivity index (χ2v) is 7.50. The van der Waals surface area contributed by atoms with Crippen molar-refractivity contribution >= 4 is 34.2 Å². The molecule has 0 heterocycles. The van der Waals surface area contributed by atoms with E-state index in [4.69, 9.17) is 5.73 Å². The number of rotatable bonds is 3. The predicted octanol–water partition coefficient (Wildman–Crippen LogP) is 3.78. The molecule has 2 bridgehead atoms. The third kappa shape index (κ3) is 4.25. The zero-order valence-electron chi connectivity index (χ0n) is 12.9. The first-order chi connectivity index (χ1) is 10.5. The first-order valence-corrected chi connectivity index (χ1v) is 8.81. The number of amides is 1. The number of nitrogens with one attached hydrogen (secondary N) is 1. The monoisotopic (exact) mass is 404 g/mol. The highest BCUT2D eigenvalue weighted by atomic mass is 79.9. The summed E-state index contributed by atoms with van der Waals surface area (Å²) in [5.74, 6) is 0.835. The van der Waals surface area contributed by atoms with E-state index < -0.39 is 0 Å². The minimum atomic E-state index is -0.286. The topological polar surface area (TPSA) is 55.1 Å². The van der Waals surface area contributed by atoms with Gasteiger partial charge in [0.25, 0.3) is 0 Å². The lowest BCUT2D eigenvalue weighted by atomic mass is 9.65. The van der Waals surface area contributed by atoms with E-state index in [1.54, 1.807) is 6.07 Å². The molecule has 2 saturated carbocycles. The van der Waals surface area contributed by atoms with E-state index in [0.29, 0.717) is 18.4 Å². The van der Waals surface area contributed by atoms with Crippen LogP contribution in [0.4, 0.5) is 4.39 Å². The van der Waals surface area contributed by atoms with Crippen LogP contribution in [-0.4, -0.2) is 11.9 Å². The fraction of sp³-hybridized carbons (Fsp3) is 0.588. The number of nitrogens with two attached hydrogens (primary N) is 1. The molecule has 1 aromatic rings. The van der Waals surface area contributed by atoms with E-state index in [1.165, 1.54) is 18.6 Å². The molecule has 128 valence electrons. The Morgan fingerprint density at radius 3 is 2.61 bits per heavy atom. The average molecular weight is 406 g/mol. The van der Waals surface area contributed by atoms with E-state index >= 15 is 0 Å². The third-order valence-corrected chi connectivity index (χ3v) is 6.02. The van der Waals surface area contributed by atoms with Gasteiger partial charge in [-0.2, -0.15) is 0 Å². The Kier molecular flexibility index (Phi) is 6.46. The number of carbonyl (C=O) groups excluding carboxylic acids is 1. The highest BCUT2D eigenvalue weighted by Crippen LogP contribution is 2.41. The van der Waals surface area contributed by atoms with Crippen LogP contribution in [0.5, 0.6) is 0 Å². The van der Waals surface area contributed by atoms with E-state index in [-0.39, 0.29) is 36.1 Å². The fourth-order valence-corrected chi connectivity index (χ4v) is 4.40. The van der Waals surface area contributed by atoms with Gasteiger partial charge < -0.3 is 11.1 Å². The number of hydrogen-bond donors (Lipinski definition) is 2. The standard InChI is InChI=1S/C17H22BrFN2O.ClH/c18-15-5-4-14(19)8-13(15)9-21-17(22)12-6-10-2-1-3-11(7-12)16(10)20;/h4-5,8,10-12,16H,1-3,6-7,9,20H2,(H,21,22);1H. The van der Waals surface area contributed by atoms with Crippen molar-refractivity contribution in [2.24, 2.45) is 23.5 Å². The smallest absolute Gasteiger partial charge is 0.223 e. The van der Waals surface area contributed by atoms with Crippen LogP contribution < -0.4 is 11.1 Å². The van der Waals surface area contributed by atoms with Gasteiger partial charge in [-0.05, 0) is 61.3 Å². The second kappa shape index (κ2) is 7.95. The molecule has 6 heteroatoms. The summed E-state index contributed by atoms with van der Waals surface area (Å²) >= 11 is 3.39. The number of hydrogen-bond acceptors (Lipinski definition) is 2. The summed E-state index contributed by atoms with van der Waals surface area (Å²) in [6.07, 6.45) is 5.34. The van der Waals surface area contributed by atoms with Gasteiger partial charge in [0.2, 0.25) is 5.91 Å². The molecule has 1 aromatic carbocycles. The minimum absolute atomic E-state index is 0. The average Bonchev–Trinajstić information content (AvgIpc) is 2.47. The number of benzene rings is 1. The lowest BCUT2D eigenvalue weighted by molar-refractivity contribution is -0.128. The number of fused-ring (bicyclic) bond motifs is 2. The van der Waals surface area contributed by atoms with E-state index in [2.05, 4.69) is 21.2 Å². The van der Waals surface area contributed by atoms with Crippen molar-refractivity contribution < 1.29 is 9.18 Å². The molecular weight excluding hydrogens is 383 g/mol. The summed E-state index contributed by atoms with van der Waals surface area (Å²) in [4.78, 5) is 12.4. The number of halogens is 3. The van der Waals surface area contributed by atoms with Crippen molar-refractivity contribution in [2.45, 2.75) is 44.7 Å². The molecule has 3 N–H and O–H groups in total. The van der Waals surface area contributed by atoms with Gasteiger partial charge in [-0.1, -0.05) is 22.4 Å². The van der Waals surface area contributed by atoms with Crippen molar-refractivity contribution in [1.82, 2.24) is 5.32 Å². The Morgan fingerprint density at radius 1 is 1.30 bits per heavy atom. The maximum atomic E-state index is 13.3. The Hall–Kier alpha value is -0.650. The second-order valence-electron chi connectivity index (χ2n) is 6.65. The maximum Gasteiger partial charge on any atom is 0.223 e. The van der Waals surface area contributed by atoms with Crippen LogP contribution in [0, 0.1) is 23.6 Å². The van der Waals surface area contributed by atoms with Crippen LogP contribution in [0.25, 0.3) is 0 Å². The van der Waals surface area contributed by atoms with Crippen LogP contribution in [0.1, 0.15) is 37.7 Å². The van der Waals surface area contributed by atoms with Crippen LogP contribution in [-0.2, 0) is 11.3 Å². The van der Waals surface area contributed by atoms with E-state index in [0.717, 1.165) is 35.7 Å². The molecule has 2 atom stereocenters. The molecule has 2 fully saturated rings. The van der Waals surface area contributed by atoms with Gasteiger partial charge in [-0.15, -0.1) is 12.4 Å². The first kappa shape index (κ1) is 18.7. The van der Waals surface area contributed by atoms with Gasteiger partial charge in [0.15, 0.2) is 0 Å². The lowest BCUT2D eigenvalue weighted by Crippen LogP contribution is -2.49.